The number of carboxylic acid groups (broad SMARTS) is 1. The Bertz CT molecular complexity index is 808. The fourth-order valence-corrected chi connectivity index (χ4v) is 4.44. The molecule has 1 aromatic carbocycles. The lowest BCUT2D eigenvalue weighted by atomic mass is 9.98. The van der Waals surface area contributed by atoms with Crippen molar-refractivity contribution in [1.29, 1.82) is 0 Å². The third-order valence-corrected chi connectivity index (χ3v) is 5.91. The number of hydrogen-bond donors (Lipinski definition) is 1. The van der Waals surface area contributed by atoms with Crippen LogP contribution in [0.4, 0.5) is 4.79 Å². The number of allylic oxidation sites excluding steroid dienone is 1. The van der Waals surface area contributed by atoms with Crippen LogP contribution in [0.5, 0.6) is 0 Å². The number of amides is 1. The number of nitrogens with zero attached hydrogens (tertiary/aromatic N) is 2. The van der Waals surface area contributed by atoms with Gasteiger partial charge in [0.25, 0.3) is 0 Å². The second-order valence-electron chi connectivity index (χ2n) is 6.62. The summed E-state index contributed by atoms with van der Waals surface area (Å²) in [5, 5.41) is 10.6. The third kappa shape index (κ3) is 2.80. The number of carbonyl (C=O) groups is 1. The van der Waals surface area contributed by atoms with Crippen LogP contribution in [0.1, 0.15) is 36.3 Å². The van der Waals surface area contributed by atoms with Crippen molar-refractivity contribution in [3.63, 3.8) is 0 Å². The van der Waals surface area contributed by atoms with E-state index < -0.39 is 6.09 Å². The molecule has 2 atom stereocenters. The van der Waals surface area contributed by atoms with Gasteiger partial charge < -0.3 is 9.84 Å². The van der Waals surface area contributed by atoms with Crippen molar-refractivity contribution in [1.82, 2.24) is 9.88 Å². The van der Waals surface area contributed by atoms with Crippen molar-refractivity contribution in [2.24, 2.45) is 5.92 Å². The minimum absolute atomic E-state index is 0.349. The molecule has 126 valence electrons. The summed E-state index contributed by atoms with van der Waals surface area (Å²) >= 11 is 1.72. The average Bonchev–Trinajstić information content (AvgIpc) is 3.23. The van der Waals surface area contributed by atoms with Gasteiger partial charge in [-0.15, -0.1) is 11.3 Å². The molecule has 1 fully saturated rings. The maximum absolute atomic E-state index is 11.6. The quantitative estimate of drug-likeness (QED) is 0.888. The number of thiazole rings is 1. The van der Waals surface area contributed by atoms with Crippen LogP contribution in [0.2, 0.25) is 0 Å². The fourth-order valence-electron chi connectivity index (χ4n) is 3.37. The first-order valence-electron chi connectivity index (χ1n) is 8.31. The molecule has 1 aromatic heterocycles. The Balaban J connectivity index is 1.70. The van der Waals surface area contributed by atoms with Crippen LogP contribution < -0.4 is 0 Å². The van der Waals surface area contributed by atoms with Gasteiger partial charge in [-0.3, -0.25) is 4.90 Å². The Morgan fingerprint density at radius 3 is 3.08 bits per heavy atom. The van der Waals surface area contributed by atoms with Crippen molar-refractivity contribution in [2.75, 3.05) is 19.8 Å². The number of benzene rings is 1. The molecule has 0 saturated carbocycles. The van der Waals surface area contributed by atoms with E-state index in [0.29, 0.717) is 18.4 Å². The molecule has 4 rings (SSSR count). The van der Waals surface area contributed by atoms with E-state index in [1.54, 1.807) is 11.3 Å². The molecule has 2 aliphatic heterocycles. The lowest BCUT2D eigenvalue weighted by molar-refractivity contribution is 0.159. The molecule has 1 unspecified atom stereocenters. The standard InChI is InChI=1S/C18H20N2O3S/c1-11-2-4-15(20(9-11)18(21)22)12-3-5-16-14(8-12)19-17(24-16)13-6-7-23-10-13/h3-5,8,11,13H,2,6-7,9-10H2,1H3,(H,21,22)/t11-,13?/m0/s1. The number of hydrogen-bond acceptors (Lipinski definition) is 4. The summed E-state index contributed by atoms with van der Waals surface area (Å²) in [5.41, 5.74) is 2.65. The highest BCUT2D eigenvalue weighted by Gasteiger charge is 2.26. The van der Waals surface area contributed by atoms with E-state index >= 15 is 0 Å². The Hall–Kier alpha value is -1.92. The first-order chi connectivity index (χ1) is 11.6. The van der Waals surface area contributed by atoms with Crippen molar-refractivity contribution in [3.05, 3.63) is 34.8 Å². The van der Waals surface area contributed by atoms with E-state index in [1.165, 1.54) is 4.90 Å². The highest BCUT2D eigenvalue weighted by atomic mass is 32.1. The summed E-state index contributed by atoms with van der Waals surface area (Å²) in [5.74, 6) is 0.748. The van der Waals surface area contributed by atoms with E-state index in [2.05, 4.69) is 13.0 Å². The van der Waals surface area contributed by atoms with Gasteiger partial charge in [0.2, 0.25) is 0 Å². The molecule has 0 spiro atoms. The second kappa shape index (κ2) is 6.18. The van der Waals surface area contributed by atoms with Gasteiger partial charge in [0.15, 0.2) is 0 Å². The summed E-state index contributed by atoms with van der Waals surface area (Å²) in [6, 6.07) is 6.08. The lowest BCUT2D eigenvalue weighted by Crippen LogP contribution is -2.34. The fraction of sp³-hybridized carbons (Fsp3) is 0.444. The van der Waals surface area contributed by atoms with Crippen LogP contribution in [-0.4, -0.2) is 40.8 Å². The molecule has 0 aliphatic carbocycles. The van der Waals surface area contributed by atoms with Gasteiger partial charge in [-0.25, -0.2) is 9.78 Å². The Labute approximate surface area is 144 Å². The van der Waals surface area contributed by atoms with E-state index in [4.69, 9.17) is 9.72 Å². The van der Waals surface area contributed by atoms with Crippen LogP contribution in [0.15, 0.2) is 24.3 Å². The maximum Gasteiger partial charge on any atom is 0.411 e. The molecule has 6 heteroatoms. The second-order valence-corrected chi connectivity index (χ2v) is 7.68. The van der Waals surface area contributed by atoms with Crippen LogP contribution in [0, 0.1) is 5.92 Å². The zero-order chi connectivity index (χ0) is 16.7. The van der Waals surface area contributed by atoms with Crippen LogP contribution >= 0.6 is 11.3 Å². The lowest BCUT2D eigenvalue weighted by Gasteiger charge is -2.29. The number of rotatable bonds is 2. The number of ether oxygens (including phenoxy) is 1. The highest BCUT2D eigenvalue weighted by molar-refractivity contribution is 7.18. The largest absolute Gasteiger partial charge is 0.465 e. The predicted octanol–water partition coefficient (Wildman–Crippen LogP) is 4.16. The molecular formula is C18H20N2O3S. The maximum atomic E-state index is 11.6. The van der Waals surface area contributed by atoms with Gasteiger partial charge in [0.05, 0.1) is 27.5 Å². The van der Waals surface area contributed by atoms with E-state index in [0.717, 1.165) is 52.5 Å². The normalized spacial score (nSPS) is 24.4. The summed E-state index contributed by atoms with van der Waals surface area (Å²) in [6.07, 6.45) is 3.07. The molecule has 5 nitrogen and oxygen atoms in total. The minimum atomic E-state index is -0.894. The predicted molar refractivity (Wildman–Crippen MR) is 94.3 cm³/mol. The molecular weight excluding hydrogens is 324 g/mol. The van der Waals surface area contributed by atoms with Crippen LogP contribution in [-0.2, 0) is 4.74 Å². The zero-order valence-electron chi connectivity index (χ0n) is 13.6. The molecule has 2 aliphatic rings. The Morgan fingerprint density at radius 1 is 1.46 bits per heavy atom. The van der Waals surface area contributed by atoms with Crippen molar-refractivity contribution >= 4 is 33.3 Å². The van der Waals surface area contributed by atoms with Crippen molar-refractivity contribution in [3.8, 4) is 0 Å². The SMILES string of the molecule is C[C@H]1CC=C(c2ccc3sc(C4CCOC4)nc3c2)N(C(=O)O)C1. The summed E-state index contributed by atoms with van der Waals surface area (Å²) in [7, 11) is 0. The minimum Gasteiger partial charge on any atom is -0.465 e. The van der Waals surface area contributed by atoms with Crippen LogP contribution in [0.3, 0.4) is 0 Å². The summed E-state index contributed by atoms with van der Waals surface area (Å²) < 4.78 is 6.61. The topological polar surface area (TPSA) is 62.7 Å². The van der Waals surface area contributed by atoms with E-state index in [-0.39, 0.29) is 0 Å². The summed E-state index contributed by atoms with van der Waals surface area (Å²) in [6.45, 7) is 4.18. The van der Waals surface area contributed by atoms with E-state index in [1.807, 2.05) is 18.2 Å². The van der Waals surface area contributed by atoms with Gasteiger partial charge in [0.1, 0.15) is 0 Å². The van der Waals surface area contributed by atoms with E-state index in [9.17, 15) is 9.90 Å². The smallest absolute Gasteiger partial charge is 0.411 e. The summed E-state index contributed by atoms with van der Waals surface area (Å²) in [4.78, 5) is 17.8. The molecule has 3 heterocycles. The third-order valence-electron chi connectivity index (χ3n) is 4.71. The van der Waals surface area contributed by atoms with Gasteiger partial charge >= 0.3 is 6.09 Å². The Kier molecular flexibility index (Phi) is 4.02. The van der Waals surface area contributed by atoms with Gasteiger partial charge in [-0.1, -0.05) is 19.1 Å². The van der Waals surface area contributed by atoms with Gasteiger partial charge in [0, 0.05) is 24.6 Å². The van der Waals surface area contributed by atoms with Crippen molar-refractivity contribution in [2.45, 2.75) is 25.7 Å². The molecule has 2 aromatic rings. The van der Waals surface area contributed by atoms with Gasteiger partial charge in [-0.2, -0.15) is 0 Å². The first kappa shape index (κ1) is 15.6. The van der Waals surface area contributed by atoms with Crippen molar-refractivity contribution < 1.29 is 14.6 Å². The highest BCUT2D eigenvalue weighted by Crippen LogP contribution is 2.35. The molecule has 1 N–H and O–H groups in total. The number of fused-ring (bicyclic) bond motifs is 1. The molecule has 1 amide bonds. The molecule has 0 radical (unpaired) electrons. The zero-order valence-corrected chi connectivity index (χ0v) is 14.4. The first-order valence-corrected chi connectivity index (χ1v) is 9.12. The molecule has 0 bridgehead atoms. The molecule has 1 saturated heterocycles. The van der Waals surface area contributed by atoms with Gasteiger partial charge in [-0.05, 0) is 30.9 Å². The average molecular weight is 344 g/mol. The number of aromatic nitrogens is 1. The molecule has 24 heavy (non-hydrogen) atoms. The van der Waals surface area contributed by atoms with Crippen LogP contribution in [0.25, 0.3) is 15.9 Å². The monoisotopic (exact) mass is 344 g/mol. The Morgan fingerprint density at radius 2 is 2.33 bits per heavy atom.